The van der Waals surface area contributed by atoms with Crippen LogP contribution in [0.1, 0.15) is 30.2 Å². The Kier molecular flexibility index (Phi) is 2.29. The van der Waals surface area contributed by atoms with E-state index in [2.05, 4.69) is 22.9 Å². The maximum absolute atomic E-state index is 9.91. The van der Waals surface area contributed by atoms with Gasteiger partial charge in [0.05, 0.1) is 6.10 Å². The Labute approximate surface area is 95.2 Å². The summed E-state index contributed by atoms with van der Waals surface area (Å²) in [5.41, 5.74) is 3.55. The molecule has 2 heteroatoms. The Bertz CT molecular complexity index is 487. The average Bonchev–Trinajstić information content (AvgIpc) is 2.75. The summed E-state index contributed by atoms with van der Waals surface area (Å²) in [6.45, 7) is 0. The normalized spacial score (nSPS) is 19.4. The third kappa shape index (κ3) is 1.46. The minimum Gasteiger partial charge on any atom is -0.388 e. The van der Waals surface area contributed by atoms with E-state index in [9.17, 15) is 5.11 Å². The van der Waals surface area contributed by atoms with E-state index in [1.165, 1.54) is 11.4 Å². The van der Waals surface area contributed by atoms with Crippen LogP contribution in [-0.2, 0) is 6.42 Å². The molecule has 0 saturated heterocycles. The Hall–Kier alpha value is -1.54. The standard InChI is InChI=1S/C14H15NO/c16-14-8-4-7-13-12(14)9-10-15(13)11-5-2-1-3-6-11/h1-3,5-6,9-10,14,16H,4,7-8H2. The van der Waals surface area contributed by atoms with Gasteiger partial charge in [0.25, 0.3) is 0 Å². The van der Waals surface area contributed by atoms with Gasteiger partial charge in [0, 0.05) is 23.1 Å². The summed E-state index contributed by atoms with van der Waals surface area (Å²) in [6.07, 6.45) is 4.83. The van der Waals surface area contributed by atoms with Gasteiger partial charge >= 0.3 is 0 Å². The Morgan fingerprint density at radius 2 is 1.94 bits per heavy atom. The molecule has 1 aromatic heterocycles. The maximum Gasteiger partial charge on any atom is 0.0807 e. The van der Waals surface area contributed by atoms with Crippen molar-refractivity contribution in [1.82, 2.24) is 4.57 Å². The molecule has 1 aliphatic rings. The summed E-state index contributed by atoms with van der Waals surface area (Å²) in [5, 5.41) is 9.91. The van der Waals surface area contributed by atoms with Gasteiger partial charge in [0.1, 0.15) is 0 Å². The van der Waals surface area contributed by atoms with Crippen LogP contribution in [0.2, 0.25) is 0 Å². The summed E-state index contributed by atoms with van der Waals surface area (Å²) in [7, 11) is 0. The van der Waals surface area contributed by atoms with Crippen LogP contribution in [0.3, 0.4) is 0 Å². The van der Waals surface area contributed by atoms with Crippen molar-refractivity contribution in [2.45, 2.75) is 25.4 Å². The number of rotatable bonds is 1. The van der Waals surface area contributed by atoms with Crippen LogP contribution >= 0.6 is 0 Å². The number of aromatic nitrogens is 1. The molecule has 1 unspecified atom stereocenters. The van der Waals surface area contributed by atoms with Crippen molar-refractivity contribution in [3.05, 3.63) is 53.9 Å². The molecule has 1 aliphatic carbocycles. The van der Waals surface area contributed by atoms with Crippen LogP contribution < -0.4 is 0 Å². The highest BCUT2D eigenvalue weighted by atomic mass is 16.3. The number of aliphatic hydroxyl groups is 1. The van der Waals surface area contributed by atoms with Crippen LogP contribution in [0.4, 0.5) is 0 Å². The minimum atomic E-state index is -0.270. The zero-order chi connectivity index (χ0) is 11.0. The molecule has 0 saturated carbocycles. The van der Waals surface area contributed by atoms with E-state index in [1.54, 1.807) is 0 Å². The third-order valence-electron chi connectivity index (χ3n) is 3.31. The van der Waals surface area contributed by atoms with E-state index in [0.717, 1.165) is 24.8 Å². The number of hydrogen-bond donors (Lipinski definition) is 1. The molecule has 1 atom stereocenters. The number of nitrogens with zero attached hydrogens (tertiary/aromatic N) is 1. The zero-order valence-corrected chi connectivity index (χ0v) is 9.13. The topological polar surface area (TPSA) is 25.2 Å². The lowest BCUT2D eigenvalue weighted by Gasteiger charge is -2.20. The van der Waals surface area contributed by atoms with Crippen molar-refractivity contribution in [3.63, 3.8) is 0 Å². The third-order valence-corrected chi connectivity index (χ3v) is 3.31. The Morgan fingerprint density at radius 3 is 2.75 bits per heavy atom. The molecule has 0 aliphatic heterocycles. The monoisotopic (exact) mass is 213 g/mol. The van der Waals surface area contributed by atoms with Crippen LogP contribution in [0.15, 0.2) is 42.6 Å². The molecular formula is C14H15NO. The first-order chi connectivity index (χ1) is 7.86. The van der Waals surface area contributed by atoms with Crippen LogP contribution in [0.25, 0.3) is 5.69 Å². The predicted octanol–water partition coefficient (Wildman–Crippen LogP) is 2.85. The van der Waals surface area contributed by atoms with E-state index in [1.807, 2.05) is 24.3 Å². The summed E-state index contributed by atoms with van der Waals surface area (Å²) >= 11 is 0. The second-order valence-corrected chi connectivity index (χ2v) is 4.33. The summed E-state index contributed by atoms with van der Waals surface area (Å²) < 4.78 is 2.19. The molecule has 0 fully saturated rings. The van der Waals surface area contributed by atoms with E-state index in [-0.39, 0.29) is 6.10 Å². The second kappa shape index (κ2) is 3.80. The lowest BCUT2D eigenvalue weighted by atomic mass is 9.95. The van der Waals surface area contributed by atoms with Gasteiger partial charge in [0.15, 0.2) is 0 Å². The van der Waals surface area contributed by atoms with Crippen LogP contribution in [0.5, 0.6) is 0 Å². The van der Waals surface area contributed by atoms with Crippen molar-refractivity contribution >= 4 is 0 Å². The number of benzene rings is 1. The lowest BCUT2D eigenvalue weighted by Crippen LogP contribution is -2.10. The van der Waals surface area contributed by atoms with Gasteiger partial charge in [-0.25, -0.2) is 0 Å². The molecule has 0 spiro atoms. The molecule has 0 radical (unpaired) electrons. The van der Waals surface area contributed by atoms with E-state index < -0.39 is 0 Å². The molecule has 0 bridgehead atoms. The first kappa shape index (κ1) is 9.67. The first-order valence-electron chi connectivity index (χ1n) is 5.80. The fourth-order valence-electron chi connectivity index (χ4n) is 2.50. The van der Waals surface area contributed by atoms with Gasteiger partial charge in [-0.05, 0) is 37.5 Å². The van der Waals surface area contributed by atoms with Gasteiger partial charge in [-0.1, -0.05) is 18.2 Å². The maximum atomic E-state index is 9.91. The van der Waals surface area contributed by atoms with Gasteiger partial charge < -0.3 is 9.67 Å². The summed E-state index contributed by atoms with van der Waals surface area (Å²) in [6, 6.07) is 12.4. The molecular weight excluding hydrogens is 198 g/mol. The highest BCUT2D eigenvalue weighted by Crippen LogP contribution is 2.31. The van der Waals surface area contributed by atoms with E-state index in [4.69, 9.17) is 0 Å². The lowest BCUT2D eigenvalue weighted by molar-refractivity contribution is 0.156. The van der Waals surface area contributed by atoms with Crippen molar-refractivity contribution in [2.75, 3.05) is 0 Å². The molecule has 16 heavy (non-hydrogen) atoms. The minimum absolute atomic E-state index is 0.270. The zero-order valence-electron chi connectivity index (χ0n) is 9.13. The quantitative estimate of drug-likeness (QED) is 0.774. The van der Waals surface area contributed by atoms with Gasteiger partial charge in [0.2, 0.25) is 0 Å². The van der Waals surface area contributed by atoms with Crippen molar-refractivity contribution in [1.29, 1.82) is 0 Å². The van der Waals surface area contributed by atoms with Crippen molar-refractivity contribution < 1.29 is 5.11 Å². The molecule has 82 valence electrons. The fraction of sp³-hybridized carbons (Fsp3) is 0.286. The smallest absolute Gasteiger partial charge is 0.0807 e. The van der Waals surface area contributed by atoms with E-state index >= 15 is 0 Å². The fourth-order valence-corrected chi connectivity index (χ4v) is 2.50. The molecule has 0 amide bonds. The molecule has 2 nitrogen and oxygen atoms in total. The molecule has 2 aromatic rings. The van der Waals surface area contributed by atoms with Gasteiger partial charge in [-0.2, -0.15) is 0 Å². The molecule has 1 heterocycles. The summed E-state index contributed by atoms with van der Waals surface area (Å²) in [4.78, 5) is 0. The molecule has 1 aromatic carbocycles. The molecule has 1 N–H and O–H groups in total. The number of fused-ring (bicyclic) bond motifs is 1. The average molecular weight is 213 g/mol. The Morgan fingerprint density at radius 1 is 1.12 bits per heavy atom. The van der Waals surface area contributed by atoms with Crippen LogP contribution in [0, 0.1) is 0 Å². The highest BCUT2D eigenvalue weighted by molar-refractivity contribution is 5.39. The Balaban J connectivity index is 2.10. The van der Waals surface area contributed by atoms with Crippen molar-refractivity contribution in [3.8, 4) is 5.69 Å². The first-order valence-corrected chi connectivity index (χ1v) is 5.80. The van der Waals surface area contributed by atoms with Crippen molar-refractivity contribution in [2.24, 2.45) is 0 Å². The highest BCUT2D eigenvalue weighted by Gasteiger charge is 2.21. The van der Waals surface area contributed by atoms with Gasteiger partial charge in [-0.3, -0.25) is 0 Å². The SMILES string of the molecule is OC1CCCc2c1ccn2-c1ccccc1. The second-order valence-electron chi connectivity index (χ2n) is 4.33. The number of aliphatic hydroxyl groups excluding tert-OH is 1. The summed E-state index contributed by atoms with van der Waals surface area (Å²) in [5.74, 6) is 0. The molecule has 3 rings (SSSR count). The predicted molar refractivity (Wildman–Crippen MR) is 63.7 cm³/mol. The van der Waals surface area contributed by atoms with Crippen LogP contribution in [-0.4, -0.2) is 9.67 Å². The van der Waals surface area contributed by atoms with E-state index in [0.29, 0.717) is 0 Å². The number of hydrogen-bond acceptors (Lipinski definition) is 1. The largest absolute Gasteiger partial charge is 0.388 e. The van der Waals surface area contributed by atoms with Gasteiger partial charge in [-0.15, -0.1) is 0 Å². The number of para-hydroxylation sites is 1.